The third-order valence-corrected chi connectivity index (χ3v) is 4.03. The van der Waals surface area contributed by atoms with Gasteiger partial charge in [-0.25, -0.2) is 14.8 Å². The summed E-state index contributed by atoms with van der Waals surface area (Å²) in [6.07, 6.45) is 1.57. The minimum absolute atomic E-state index is 0.275. The molecule has 0 atom stereocenters. The van der Waals surface area contributed by atoms with Gasteiger partial charge >= 0.3 is 0 Å². The first-order chi connectivity index (χ1) is 13.8. The van der Waals surface area contributed by atoms with Crippen LogP contribution in [0.1, 0.15) is 5.56 Å². The number of nitrogens with zero attached hydrogens (tertiary/aromatic N) is 4. The Bertz CT molecular complexity index is 1080. The van der Waals surface area contributed by atoms with Gasteiger partial charge in [-0.15, -0.1) is 10.2 Å². The van der Waals surface area contributed by atoms with E-state index in [0.29, 0.717) is 11.4 Å². The number of anilines is 1. The molecule has 0 amide bonds. The maximum atomic E-state index is 13.0. The van der Waals surface area contributed by atoms with Gasteiger partial charge in [-0.05, 0) is 17.7 Å². The molecule has 0 aliphatic heterocycles. The van der Waals surface area contributed by atoms with E-state index >= 15 is 0 Å². The number of halogens is 1. The van der Waals surface area contributed by atoms with Crippen molar-refractivity contribution in [2.24, 2.45) is 5.10 Å². The molecule has 0 aliphatic carbocycles. The molecule has 5 nitrogen and oxygen atoms in total. The average Bonchev–Trinajstić information content (AvgIpc) is 2.76. The molecule has 0 unspecified atom stereocenters. The number of nitrogens with one attached hydrogen (secondary N) is 1. The molecule has 3 aromatic carbocycles. The van der Waals surface area contributed by atoms with E-state index in [2.05, 4.69) is 25.7 Å². The van der Waals surface area contributed by atoms with Crippen LogP contribution in [-0.2, 0) is 0 Å². The van der Waals surface area contributed by atoms with Gasteiger partial charge in [0.25, 0.3) is 5.95 Å². The Balaban J connectivity index is 1.65. The molecule has 136 valence electrons. The second-order valence-electron chi connectivity index (χ2n) is 5.99. The fraction of sp³-hybridized carbons (Fsp3) is 0. The van der Waals surface area contributed by atoms with Crippen LogP contribution in [0.4, 0.5) is 10.3 Å². The first-order valence-electron chi connectivity index (χ1n) is 8.70. The molecular formula is C22H16FN5. The maximum Gasteiger partial charge on any atom is 0.263 e. The summed E-state index contributed by atoms with van der Waals surface area (Å²) >= 11 is 0. The average molecular weight is 369 g/mol. The Morgan fingerprint density at radius 1 is 0.714 bits per heavy atom. The zero-order valence-corrected chi connectivity index (χ0v) is 14.8. The molecule has 1 heterocycles. The summed E-state index contributed by atoms with van der Waals surface area (Å²) in [5.41, 5.74) is 6.81. The van der Waals surface area contributed by atoms with Crippen molar-refractivity contribution in [1.82, 2.24) is 15.2 Å². The van der Waals surface area contributed by atoms with Gasteiger partial charge in [0.1, 0.15) is 17.2 Å². The monoisotopic (exact) mass is 369 g/mol. The maximum absolute atomic E-state index is 13.0. The van der Waals surface area contributed by atoms with Gasteiger partial charge in [0.05, 0.1) is 6.21 Å². The quantitative estimate of drug-likeness (QED) is 0.406. The molecule has 0 fully saturated rings. The molecule has 0 saturated carbocycles. The number of hydrogen-bond donors (Lipinski definition) is 1. The molecule has 0 aliphatic rings. The lowest BCUT2D eigenvalue weighted by molar-refractivity contribution is 0.628. The highest BCUT2D eigenvalue weighted by molar-refractivity contribution is 5.80. The van der Waals surface area contributed by atoms with Gasteiger partial charge in [-0.2, -0.15) is 5.10 Å². The second kappa shape index (κ2) is 8.18. The van der Waals surface area contributed by atoms with E-state index in [9.17, 15) is 4.39 Å². The molecule has 6 heteroatoms. The molecule has 0 spiro atoms. The molecule has 0 bridgehead atoms. The van der Waals surface area contributed by atoms with E-state index in [1.807, 2.05) is 60.7 Å². The topological polar surface area (TPSA) is 63.1 Å². The summed E-state index contributed by atoms with van der Waals surface area (Å²) in [6, 6.07) is 25.6. The SMILES string of the molecule is Fc1ccc(C=NNc2nnc(-c3ccccc3)c(-c3ccccc3)n2)cc1. The van der Waals surface area contributed by atoms with Gasteiger partial charge in [0, 0.05) is 11.1 Å². The van der Waals surface area contributed by atoms with E-state index in [1.54, 1.807) is 18.3 Å². The van der Waals surface area contributed by atoms with Gasteiger partial charge < -0.3 is 0 Å². The second-order valence-corrected chi connectivity index (χ2v) is 5.99. The minimum atomic E-state index is -0.290. The molecular weight excluding hydrogens is 353 g/mol. The van der Waals surface area contributed by atoms with Crippen LogP contribution in [0.5, 0.6) is 0 Å². The summed E-state index contributed by atoms with van der Waals surface area (Å²) in [4.78, 5) is 4.61. The van der Waals surface area contributed by atoms with Crippen LogP contribution in [0, 0.1) is 5.82 Å². The van der Waals surface area contributed by atoms with Crippen molar-refractivity contribution < 1.29 is 4.39 Å². The molecule has 1 N–H and O–H groups in total. The normalized spacial score (nSPS) is 10.9. The van der Waals surface area contributed by atoms with Crippen LogP contribution in [0.3, 0.4) is 0 Å². The number of hydrazone groups is 1. The first-order valence-corrected chi connectivity index (χ1v) is 8.70. The predicted octanol–water partition coefficient (Wildman–Crippen LogP) is 4.79. The Morgan fingerprint density at radius 2 is 1.32 bits per heavy atom. The van der Waals surface area contributed by atoms with Crippen molar-refractivity contribution in [1.29, 1.82) is 0 Å². The first kappa shape index (κ1) is 17.5. The number of rotatable bonds is 5. The van der Waals surface area contributed by atoms with Crippen molar-refractivity contribution in [2.45, 2.75) is 0 Å². The Labute approximate surface area is 161 Å². The highest BCUT2D eigenvalue weighted by Gasteiger charge is 2.13. The zero-order valence-electron chi connectivity index (χ0n) is 14.8. The summed E-state index contributed by atoms with van der Waals surface area (Å²) in [5, 5.41) is 12.6. The third kappa shape index (κ3) is 4.07. The molecule has 28 heavy (non-hydrogen) atoms. The van der Waals surface area contributed by atoms with E-state index in [-0.39, 0.29) is 11.8 Å². The van der Waals surface area contributed by atoms with Crippen molar-refractivity contribution in [3.05, 3.63) is 96.3 Å². The van der Waals surface area contributed by atoms with E-state index in [1.165, 1.54) is 12.1 Å². The number of aromatic nitrogens is 3. The predicted molar refractivity (Wildman–Crippen MR) is 108 cm³/mol. The van der Waals surface area contributed by atoms with E-state index in [0.717, 1.165) is 16.7 Å². The summed E-state index contributed by atoms with van der Waals surface area (Å²) < 4.78 is 13.0. The van der Waals surface area contributed by atoms with Gasteiger partial charge in [-0.1, -0.05) is 72.8 Å². The lowest BCUT2D eigenvalue weighted by Gasteiger charge is -2.09. The fourth-order valence-electron chi connectivity index (χ4n) is 2.67. The smallest absolute Gasteiger partial charge is 0.244 e. The summed E-state index contributed by atoms with van der Waals surface area (Å²) in [7, 11) is 0. The summed E-state index contributed by atoms with van der Waals surface area (Å²) in [5.74, 6) is -0.0152. The summed E-state index contributed by atoms with van der Waals surface area (Å²) in [6.45, 7) is 0. The van der Waals surface area contributed by atoms with Crippen molar-refractivity contribution in [3.63, 3.8) is 0 Å². The van der Waals surface area contributed by atoms with Crippen molar-refractivity contribution in [3.8, 4) is 22.5 Å². The van der Waals surface area contributed by atoms with Crippen LogP contribution >= 0.6 is 0 Å². The Kier molecular flexibility index (Phi) is 5.11. The van der Waals surface area contributed by atoms with Crippen molar-refractivity contribution >= 4 is 12.2 Å². The van der Waals surface area contributed by atoms with Crippen LogP contribution in [-0.4, -0.2) is 21.4 Å². The molecule has 4 aromatic rings. The highest BCUT2D eigenvalue weighted by Crippen LogP contribution is 2.28. The van der Waals surface area contributed by atoms with Crippen LogP contribution in [0.2, 0.25) is 0 Å². The molecule has 1 aromatic heterocycles. The van der Waals surface area contributed by atoms with Crippen LogP contribution in [0.25, 0.3) is 22.5 Å². The van der Waals surface area contributed by atoms with Gasteiger partial charge in [0.2, 0.25) is 0 Å². The van der Waals surface area contributed by atoms with E-state index in [4.69, 9.17) is 0 Å². The standard InChI is InChI=1S/C22H16FN5/c23-19-13-11-16(12-14-19)15-24-27-22-25-20(17-7-3-1-4-8-17)21(26-28-22)18-9-5-2-6-10-18/h1-15H,(H,25,27,28). The molecule has 0 saturated heterocycles. The zero-order chi connectivity index (χ0) is 19.2. The van der Waals surface area contributed by atoms with Crippen molar-refractivity contribution in [2.75, 3.05) is 5.43 Å². The minimum Gasteiger partial charge on any atom is -0.244 e. The lowest BCUT2D eigenvalue weighted by Crippen LogP contribution is -2.03. The Morgan fingerprint density at radius 3 is 1.96 bits per heavy atom. The number of benzene rings is 3. The van der Waals surface area contributed by atoms with Crippen LogP contribution in [0.15, 0.2) is 90.0 Å². The fourth-order valence-corrected chi connectivity index (χ4v) is 2.67. The van der Waals surface area contributed by atoms with Crippen LogP contribution < -0.4 is 5.43 Å². The van der Waals surface area contributed by atoms with E-state index < -0.39 is 0 Å². The highest BCUT2D eigenvalue weighted by atomic mass is 19.1. The lowest BCUT2D eigenvalue weighted by atomic mass is 10.0. The molecule has 0 radical (unpaired) electrons. The third-order valence-electron chi connectivity index (χ3n) is 4.03. The van der Waals surface area contributed by atoms with Gasteiger partial charge in [-0.3, -0.25) is 0 Å². The Hall–Kier alpha value is -3.93. The number of hydrogen-bond acceptors (Lipinski definition) is 5. The molecule has 4 rings (SSSR count). The van der Waals surface area contributed by atoms with Gasteiger partial charge in [0.15, 0.2) is 0 Å². The largest absolute Gasteiger partial charge is 0.263 e.